The van der Waals surface area contributed by atoms with E-state index in [4.69, 9.17) is 14.0 Å². The fourth-order valence-corrected chi connectivity index (χ4v) is 3.83. The molecule has 150 valence electrons. The number of rotatable bonds is 8. The Hall–Kier alpha value is -2.70. The van der Waals surface area contributed by atoms with E-state index in [1.165, 1.54) is 0 Å². The van der Waals surface area contributed by atoms with Gasteiger partial charge >= 0.3 is 20.3 Å². The highest BCUT2D eigenvalue weighted by Gasteiger charge is 2.36. The van der Waals surface area contributed by atoms with Crippen LogP contribution in [-0.4, -0.2) is 31.1 Å². The zero-order valence-corrected chi connectivity index (χ0v) is 16.1. The van der Waals surface area contributed by atoms with Crippen molar-refractivity contribution in [1.29, 1.82) is 0 Å². The Morgan fingerprint density at radius 3 is 2.00 bits per heavy atom. The predicted octanol–water partition coefficient (Wildman–Crippen LogP) is 4.20. The molecule has 0 aliphatic heterocycles. The third-order valence-electron chi connectivity index (χ3n) is 4.00. The van der Waals surface area contributed by atoms with E-state index in [1.54, 1.807) is 24.3 Å². The van der Waals surface area contributed by atoms with Crippen LogP contribution >= 0.6 is 8.03 Å². The van der Waals surface area contributed by atoms with Gasteiger partial charge in [-0.25, -0.2) is 9.59 Å². The molecular formula is C19H22O8P+. The van der Waals surface area contributed by atoms with E-state index in [1.807, 2.05) is 6.07 Å². The molecule has 0 aromatic heterocycles. The maximum atomic E-state index is 12.3. The Labute approximate surface area is 163 Å². The molecule has 1 aromatic carbocycles. The molecule has 0 amide bonds. The van der Waals surface area contributed by atoms with Gasteiger partial charge in [0.1, 0.15) is 18.8 Å². The number of carbonyl (C=O) groups excluding carboxylic acids is 2. The Kier molecular flexibility index (Phi) is 8.65. The number of hydrogen-bond donors (Lipinski definition) is 0. The summed E-state index contributed by atoms with van der Waals surface area (Å²) in [5, 5.41) is 0.582. The van der Waals surface area contributed by atoms with Crippen LogP contribution in [0.15, 0.2) is 56.0 Å². The number of carbonyl (C=O) groups is 2. The van der Waals surface area contributed by atoms with Crippen molar-refractivity contribution in [1.82, 2.24) is 0 Å². The van der Waals surface area contributed by atoms with Gasteiger partial charge in [0.15, 0.2) is 0 Å². The quantitative estimate of drug-likeness (QED) is 0.358. The number of benzene rings is 1. The average molecular weight is 409 g/mol. The highest BCUT2D eigenvalue weighted by Crippen LogP contribution is 2.32. The van der Waals surface area contributed by atoms with Gasteiger partial charge < -0.3 is 18.9 Å². The van der Waals surface area contributed by atoms with Crippen molar-refractivity contribution in [2.45, 2.75) is 31.5 Å². The fourth-order valence-electron chi connectivity index (χ4n) is 2.92. The SMILES string of the molecule is C=COC(=O)OC1CC(CO[P+](=O)c2ccccc2)CC(OC(=O)OC=C)C1. The van der Waals surface area contributed by atoms with Gasteiger partial charge in [0, 0.05) is 6.42 Å². The Morgan fingerprint density at radius 1 is 0.964 bits per heavy atom. The van der Waals surface area contributed by atoms with Crippen LogP contribution in [-0.2, 0) is 28.0 Å². The second kappa shape index (κ2) is 11.2. The van der Waals surface area contributed by atoms with Gasteiger partial charge in [0.25, 0.3) is 0 Å². The van der Waals surface area contributed by atoms with Crippen molar-refractivity contribution in [3.05, 3.63) is 56.0 Å². The van der Waals surface area contributed by atoms with Gasteiger partial charge in [0.2, 0.25) is 5.30 Å². The molecule has 1 aliphatic carbocycles. The van der Waals surface area contributed by atoms with Crippen molar-refractivity contribution in [2.24, 2.45) is 5.92 Å². The van der Waals surface area contributed by atoms with Crippen molar-refractivity contribution in [2.75, 3.05) is 6.61 Å². The lowest BCUT2D eigenvalue weighted by atomic mass is 9.85. The monoisotopic (exact) mass is 409 g/mol. The van der Waals surface area contributed by atoms with Crippen LogP contribution in [0, 0.1) is 5.92 Å². The molecule has 3 unspecified atom stereocenters. The van der Waals surface area contributed by atoms with Gasteiger partial charge in [-0.15, -0.1) is 4.52 Å². The molecule has 3 atom stereocenters. The normalized spacial score (nSPS) is 21.7. The van der Waals surface area contributed by atoms with E-state index in [0.29, 0.717) is 18.1 Å². The van der Waals surface area contributed by atoms with E-state index < -0.39 is 32.5 Å². The van der Waals surface area contributed by atoms with Crippen LogP contribution in [0.5, 0.6) is 0 Å². The molecule has 1 fully saturated rings. The van der Waals surface area contributed by atoms with Gasteiger partial charge in [-0.05, 0) is 35.5 Å². The van der Waals surface area contributed by atoms with Crippen molar-refractivity contribution in [3.63, 3.8) is 0 Å². The lowest BCUT2D eigenvalue weighted by molar-refractivity contribution is -0.0410. The summed E-state index contributed by atoms with van der Waals surface area (Å²) in [5.41, 5.74) is 0. The third kappa shape index (κ3) is 7.13. The summed E-state index contributed by atoms with van der Waals surface area (Å²) in [6, 6.07) is 8.80. The first-order chi connectivity index (χ1) is 13.5. The summed E-state index contributed by atoms with van der Waals surface area (Å²) in [4.78, 5) is 23.1. The van der Waals surface area contributed by atoms with Crippen LogP contribution in [0.4, 0.5) is 9.59 Å². The van der Waals surface area contributed by atoms with Crippen LogP contribution in [0.25, 0.3) is 0 Å². The minimum absolute atomic E-state index is 0.150. The first-order valence-electron chi connectivity index (χ1n) is 8.63. The molecule has 1 aliphatic rings. The zero-order chi connectivity index (χ0) is 20.4. The molecule has 0 bridgehead atoms. The molecule has 8 nitrogen and oxygen atoms in total. The maximum absolute atomic E-state index is 12.3. The van der Waals surface area contributed by atoms with Crippen molar-refractivity contribution < 1.29 is 37.6 Å². The Morgan fingerprint density at radius 2 is 1.50 bits per heavy atom. The maximum Gasteiger partial charge on any atom is 0.548 e. The summed E-state index contributed by atoms with van der Waals surface area (Å²) >= 11 is 0. The molecule has 2 rings (SSSR count). The largest absolute Gasteiger partial charge is 0.548 e. The molecule has 1 aromatic rings. The van der Waals surface area contributed by atoms with Gasteiger partial charge in [-0.1, -0.05) is 31.4 Å². The van der Waals surface area contributed by atoms with Crippen molar-refractivity contribution >= 4 is 25.6 Å². The summed E-state index contributed by atoms with van der Waals surface area (Å²) in [7, 11) is -2.02. The summed E-state index contributed by atoms with van der Waals surface area (Å²) in [5.74, 6) is -0.153. The first kappa shape index (κ1) is 21.6. The fraction of sp³-hybridized carbons (Fsp3) is 0.368. The lowest BCUT2D eigenvalue weighted by Crippen LogP contribution is -2.37. The van der Waals surface area contributed by atoms with Crippen LogP contribution in [0.1, 0.15) is 19.3 Å². The molecule has 0 saturated heterocycles. The Bertz CT molecular complexity index is 673. The molecule has 1 saturated carbocycles. The molecule has 0 spiro atoms. The number of ether oxygens (including phenoxy) is 4. The summed E-state index contributed by atoms with van der Waals surface area (Å²) in [6.07, 6.45) is 0.170. The molecule has 0 N–H and O–H groups in total. The molecule has 28 heavy (non-hydrogen) atoms. The standard InChI is InChI=1S/C19H22O8P/c1-3-23-18(20)26-15-10-14(11-16(12-15)27-19(21)24-4-2)13-25-28(22)17-8-6-5-7-9-17/h3-9,14-16H,1-2,10-13H2/q+1. The third-order valence-corrected chi connectivity index (χ3v) is 5.10. The molecule has 0 radical (unpaired) electrons. The van der Waals surface area contributed by atoms with Crippen LogP contribution < -0.4 is 5.30 Å². The minimum Gasteiger partial charge on any atom is -0.431 e. The molecule has 9 heteroatoms. The van der Waals surface area contributed by atoms with Gasteiger partial charge in [-0.3, -0.25) is 0 Å². The topological polar surface area (TPSA) is 97.4 Å². The van der Waals surface area contributed by atoms with E-state index in [0.717, 1.165) is 12.5 Å². The average Bonchev–Trinajstić information content (AvgIpc) is 2.67. The van der Waals surface area contributed by atoms with Gasteiger partial charge in [0.05, 0.1) is 12.5 Å². The van der Waals surface area contributed by atoms with Gasteiger partial charge in [-0.2, -0.15) is 0 Å². The lowest BCUT2D eigenvalue weighted by Gasteiger charge is -2.32. The summed E-state index contributed by atoms with van der Waals surface area (Å²) < 4.78 is 37.3. The molecular weight excluding hydrogens is 387 g/mol. The van der Waals surface area contributed by atoms with E-state index in [9.17, 15) is 14.2 Å². The second-order valence-electron chi connectivity index (χ2n) is 6.01. The zero-order valence-electron chi connectivity index (χ0n) is 15.2. The van der Waals surface area contributed by atoms with E-state index in [-0.39, 0.29) is 18.9 Å². The van der Waals surface area contributed by atoms with Crippen LogP contribution in [0.2, 0.25) is 0 Å². The first-order valence-corrected chi connectivity index (χ1v) is 9.81. The highest BCUT2D eigenvalue weighted by molar-refractivity contribution is 7.48. The Balaban J connectivity index is 1.96. The van der Waals surface area contributed by atoms with E-state index >= 15 is 0 Å². The highest BCUT2D eigenvalue weighted by atomic mass is 31.1. The minimum atomic E-state index is -2.02. The number of hydrogen-bond acceptors (Lipinski definition) is 8. The second-order valence-corrected chi connectivity index (χ2v) is 7.30. The van der Waals surface area contributed by atoms with Crippen molar-refractivity contribution in [3.8, 4) is 0 Å². The predicted molar refractivity (Wildman–Crippen MR) is 100 cm³/mol. The smallest absolute Gasteiger partial charge is 0.431 e. The van der Waals surface area contributed by atoms with Crippen LogP contribution in [0.3, 0.4) is 0 Å². The molecule has 0 heterocycles. The summed E-state index contributed by atoms with van der Waals surface area (Å²) in [6.45, 7) is 6.73. The van der Waals surface area contributed by atoms with E-state index in [2.05, 4.69) is 22.6 Å².